The van der Waals surface area contributed by atoms with Crippen molar-refractivity contribution in [2.75, 3.05) is 0 Å². The molecular weight excluding hydrogens is 408 g/mol. The Morgan fingerprint density at radius 2 is 0.867 bits per heavy atom. The van der Waals surface area contributed by atoms with Crippen LogP contribution in [-0.4, -0.2) is 22.4 Å². The number of pyridine rings is 2. The molecule has 4 aromatic rings. The van der Waals surface area contributed by atoms with E-state index in [2.05, 4.69) is 44.2 Å². The standard InChI is InChI=1S/C24H18N4S2/c1-5-23(6-2-21(1)27-17-19-9-13-25-14-10-19)29-30-24-7-3-22(4-8-24)28-18-20-11-15-26-16-12-20/h1-18H. The Balaban J connectivity index is 1.30. The first-order valence-corrected chi connectivity index (χ1v) is 11.4. The lowest BCUT2D eigenvalue weighted by Crippen LogP contribution is -1.80. The number of nitrogens with zero attached hydrogens (tertiary/aromatic N) is 4. The van der Waals surface area contributed by atoms with Crippen LogP contribution in [0.5, 0.6) is 0 Å². The van der Waals surface area contributed by atoms with Crippen LogP contribution in [0.1, 0.15) is 11.1 Å². The van der Waals surface area contributed by atoms with Crippen molar-refractivity contribution >= 4 is 45.4 Å². The third-order valence-electron chi connectivity index (χ3n) is 4.05. The molecule has 0 aliphatic heterocycles. The first kappa shape index (κ1) is 20.1. The molecule has 0 amide bonds. The largest absolute Gasteiger partial charge is 0.265 e. The Bertz CT molecular complexity index is 1020. The quantitative estimate of drug-likeness (QED) is 0.241. The van der Waals surface area contributed by atoms with Crippen molar-refractivity contribution in [2.45, 2.75) is 9.79 Å². The Morgan fingerprint density at radius 3 is 1.23 bits per heavy atom. The minimum atomic E-state index is 0.928. The second kappa shape index (κ2) is 10.5. The predicted molar refractivity (Wildman–Crippen MR) is 128 cm³/mol. The van der Waals surface area contributed by atoms with E-state index in [1.807, 2.05) is 61.0 Å². The summed E-state index contributed by atoms with van der Waals surface area (Å²) in [5.74, 6) is 0. The first-order valence-electron chi connectivity index (χ1n) is 9.28. The number of hydrogen-bond acceptors (Lipinski definition) is 6. The van der Waals surface area contributed by atoms with E-state index in [0.29, 0.717) is 0 Å². The summed E-state index contributed by atoms with van der Waals surface area (Å²) in [6, 6.07) is 24.2. The van der Waals surface area contributed by atoms with Crippen molar-refractivity contribution in [3.05, 3.63) is 109 Å². The van der Waals surface area contributed by atoms with Gasteiger partial charge in [0, 0.05) is 47.0 Å². The van der Waals surface area contributed by atoms with Crippen LogP contribution in [0, 0.1) is 0 Å². The molecule has 4 nitrogen and oxygen atoms in total. The highest BCUT2D eigenvalue weighted by molar-refractivity contribution is 8.76. The molecule has 2 aromatic carbocycles. The van der Waals surface area contributed by atoms with E-state index in [9.17, 15) is 0 Å². The zero-order valence-corrected chi connectivity index (χ0v) is 17.6. The molecule has 0 aliphatic carbocycles. The molecule has 6 heteroatoms. The molecule has 2 heterocycles. The topological polar surface area (TPSA) is 50.5 Å². The third kappa shape index (κ3) is 6.14. The van der Waals surface area contributed by atoms with Crippen molar-refractivity contribution in [1.82, 2.24) is 9.97 Å². The molecule has 4 rings (SSSR count). The lowest BCUT2D eigenvalue weighted by atomic mass is 10.3. The molecule has 0 fully saturated rings. The molecule has 0 unspecified atom stereocenters. The monoisotopic (exact) mass is 426 g/mol. The first-order chi connectivity index (χ1) is 14.8. The summed E-state index contributed by atoms with van der Waals surface area (Å²) in [6.45, 7) is 0. The zero-order valence-electron chi connectivity index (χ0n) is 16.0. The summed E-state index contributed by atoms with van der Waals surface area (Å²) >= 11 is 0. The van der Waals surface area contributed by atoms with Crippen molar-refractivity contribution in [3.8, 4) is 0 Å². The molecule has 2 aromatic heterocycles. The molecule has 0 saturated heterocycles. The molecule has 0 radical (unpaired) electrons. The van der Waals surface area contributed by atoms with Crippen LogP contribution in [0.25, 0.3) is 0 Å². The highest BCUT2D eigenvalue weighted by atomic mass is 33.1. The van der Waals surface area contributed by atoms with E-state index in [4.69, 9.17) is 0 Å². The van der Waals surface area contributed by atoms with E-state index in [0.717, 1.165) is 22.5 Å². The smallest absolute Gasteiger partial charge is 0.0630 e. The van der Waals surface area contributed by atoms with Crippen LogP contribution in [-0.2, 0) is 0 Å². The Morgan fingerprint density at radius 1 is 0.500 bits per heavy atom. The lowest BCUT2D eigenvalue weighted by Gasteiger charge is -2.02. The van der Waals surface area contributed by atoms with Gasteiger partial charge in [-0.3, -0.25) is 20.0 Å². The van der Waals surface area contributed by atoms with Gasteiger partial charge in [0.25, 0.3) is 0 Å². The molecular formula is C24H18N4S2. The second-order valence-corrected chi connectivity index (χ2v) is 8.51. The predicted octanol–water partition coefficient (Wildman–Crippen LogP) is 6.78. The maximum atomic E-state index is 4.50. The third-order valence-corrected chi connectivity index (χ3v) is 6.46. The second-order valence-electron chi connectivity index (χ2n) is 6.23. The van der Waals surface area contributed by atoms with Gasteiger partial charge in [-0.15, -0.1) is 0 Å². The summed E-state index contributed by atoms with van der Waals surface area (Å²) in [7, 11) is 3.45. The minimum Gasteiger partial charge on any atom is -0.265 e. The number of hydrogen-bond donors (Lipinski definition) is 0. The highest BCUT2D eigenvalue weighted by Gasteiger charge is 1.99. The van der Waals surface area contributed by atoms with Crippen LogP contribution >= 0.6 is 21.6 Å². The van der Waals surface area contributed by atoms with E-state index < -0.39 is 0 Å². The Hall–Kier alpha value is -3.22. The summed E-state index contributed by atoms with van der Waals surface area (Å²) in [6.07, 6.45) is 10.7. The van der Waals surface area contributed by atoms with Crippen LogP contribution in [0.3, 0.4) is 0 Å². The fourth-order valence-corrected chi connectivity index (χ4v) is 4.40. The van der Waals surface area contributed by atoms with Crippen molar-refractivity contribution in [2.24, 2.45) is 9.98 Å². The van der Waals surface area contributed by atoms with Gasteiger partial charge in [-0.1, -0.05) is 21.6 Å². The Labute approximate surface area is 183 Å². The summed E-state index contributed by atoms with van der Waals surface area (Å²) in [4.78, 5) is 19.4. The van der Waals surface area contributed by atoms with Crippen LogP contribution < -0.4 is 0 Å². The average molecular weight is 427 g/mol. The average Bonchev–Trinajstić information content (AvgIpc) is 2.83. The molecule has 0 saturated carbocycles. The van der Waals surface area contributed by atoms with Crippen LogP contribution in [0.4, 0.5) is 11.4 Å². The van der Waals surface area contributed by atoms with Gasteiger partial charge < -0.3 is 0 Å². The molecule has 30 heavy (non-hydrogen) atoms. The van der Waals surface area contributed by atoms with Gasteiger partial charge in [-0.05, 0) is 83.9 Å². The summed E-state index contributed by atoms with van der Waals surface area (Å²) < 4.78 is 0. The van der Waals surface area contributed by atoms with Crippen molar-refractivity contribution in [1.29, 1.82) is 0 Å². The fraction of sp³-hybridized carbons (Fsp3) is 0. The van der Waals surface area contributed by atoms with E-state index in [1.165, 1.54) is 9.79 Å². The molecule has 146 valence electrons. The number of aromatic nitrogens is 2. The number of benzene rings is 2. The van der Waals surface area contributed by atoms with Crippen molar-refractivity contribution in [3.63, 3.8) is 0 Å². The normalized spacial score (nSPS) is 11.3. The maximum absolute atomic E-state index is 4.50. The van der Waals surface area contributed by atoms with Gasteiger partial charge in [-0.25, -0.2) is 0 Å². The highest BCUT2D eigenvalue weighted by Crippen LogP contribution is 2.38. The van der Waals surface area contributed by atoms with Gasteiger partial charge in [0.15, 0.2) is 0 Å². The summed E-state index contributed by atoms with van der Waals surface area (Å²) in [5, 5.41) is 0. The molecule has 0 bridgehead atoms. The van der Waals surface area contributed by atoms with Gasteiger partial charge in [0.1, 0.15) is 0 Å². The number of aliphatic imine (C=N–C) groups is 2. The SMILES string of the molecule is C(=Nc1ccc(SSc2ccc(N=Cc3ccncc3)cc2)cc1)c1ccncc1. The molecule has 0 aliphatic rings. The van der Waals surface area contributed by atoms with Crippen LogP contribution in [0.2, 0.25) is 0 Å². The van der Waals surface area contributed by atoms with Crippen LogP contribution in [0.15, 0.2) is 117 Å². The van der Waals surface area contributed by atoms with Gasteiger partial charge in [-0.2, -0.15) is 0 Å². The fourth-order valence-electron chi connectivity index (χ4n) is 2.47. The van der Waals surface area contributed by atoms with Gasteiger partial charge >= 0.3 is 0 Å². The lowest BCUT2D eigenvalue weighted by molar-refractivity contribution is 1.32. The number of rotatable bonds is 7. The maximum Gasteiger partial charge on any atom is 0.0630 e. The van der Waals surface area contributed by atoms with Gasteiger partial charge in [0.05, 0.1) is 11.4 Å². The molecule has 0 spiro atoms. The van der Waals surface area contributed by atoms with E-state index in [1.54, 1.807) is 46.4 Å². The summed E-state index contributed by atoms with van der Waals surface area (Å²) in [5.41, 5.74) is 3.93. The van der Waals surface area contributed by atoms with Crippen molar-refractivity contribution < 1.29 is 0 Å². The Kier molecular flexibility index (Phi) is 7.04. The molecule has 0 N–H and O–H groups in total. The van der Waals surface area contributed by atoms with E-state index in [-0.39, 0.29) is 0 Å². The zero-order chi connectivity index (χ0) is 20.4. The van der Waals surface area contributed by atoms with Gasteiger partial charge in [0.2, 0.25) is 0 Å². The molecule has 0 atom stereocenters. The van der Waals surface area contributed by atoms with E-state index >= 15 is 0 Å². The minimum absolute atomic E-state index is 0.928.